The van der Waals surface area contributed by atoms with Gasteiger partial charge in [0, 0.05) is 12.0 Å². The van der Waals surface area contributed by atoms with Gasteiger partial charge >= 0.3 is 6.09 Å². The number of carbonyl (C=O) groups is 2. The van der Waals surface area contributed by atoms with E-state index in [1.165, 1.54) is 0 Å². The summed E-state index contributed by atoms with van der Waals surface area (Å²) in [5.74, 6) is -12.1. The van der Waals surface area contributed by atoms with E-state index in [4.69, 9.17) is 10.00 Å². The minimum absolute atomic E-state index is 0.207. The van der Waals surface area contributed by atoms with E-state index in [-0.39, 0.29) is 6.61 Å². The molecule has 2 aromatic carbocycles. The maximum absolute atomic E-state index is 13.9. The number of nitrogens with one attached hydrogen (secondary N) is 2. The third kappa shape index (κ3) is 5.44. The number of halogens is 5. The van der Waals surface area contributed by atoms with Gasteiger partial charge in [-0.3, -0.25) is 4.79 Å². The van der Waals surface area contributed by atoms with Gasteiger partial charge in [-0.25, -0.2) is 26.7 Å². The zero-order chi connectivity index (χ0) is 22.3. The lowest BCUT2D eigenvalue weighted by molar-refractivity contribution is -0.122. The molecule has 0 heterocycles. The second-order valence-corrected chi connectivity index (χ2v) is 5.89. The van der Waals surface area contributed by atoms with Crippen LogP contribution in [0.5, 0.6) is 0 Å². The van der Waals surface area contributed by atoms with E-state index in [2.05, 4.69) is 0 Å². The van der Waals surface area contributed by atoms with Crippen LogP contribution in [-0.2, 0) is 22.6 Å². The predicted octanol–water partition coefficient (Wildman–Crippen LogP) is 2.86. The number of nitriles is 1. The first-order valence-corrected chi connectivity index (χ1v) is 8.38. The molecule has 0 aliphatic heterocycles. The van der Waals surface area contributed by atoms with Gasteiger partial charge in [-0.05, 0) is 5.56 Å². The maximum atomic E-state index is 13.9. The molecule has 0 spiro atoms. The Kier molecular flexibility index (Phi) is 7.69. The fourth-order valence-corrected chi connectivity index (χ4v) is 2.40. The number of hydrogen-bond acceptors (Lipinski definition) is 4. The number of rotatable bonds is 7. The number of hydrogen-bond donors (Lipinski definition) is 2. The quantitative estimate of drug-likeness (QED) is 0.308. The summed E-state index contributed by atoms with van der Waals surface area (Å²) < 4.78 is 72.8. The summed E-state index contributed by atoms with van der Waals surface area (Å²) in [5.41, 5.74) is -0.704. The molecule has 6 nitrogen and oxygen atoms in total. The summed E-state index contributed by atoms with van der Waals surface area (Å²) >= 11 is 0. The Labute approximate surface area is 167 Å². The summed E-state index contributed by atoms with van der Waals surface area (Å²) in [6.07, 6.45) is -2.26. The molecule has 0 unspecified atom stereocenters. The zero-order valence-electron chi connectivity index (χ0n) is 15.1. The maximum Gasteiger partial charge on any atom is 0.408 e. The Hall–Kier alpha value is -3.68. The Morgan fingerprint density at radius 2 is 1.53 bits per heavy atom. The van der Waals surface area contributed by atoms with Crippen molar-refractivity contribution in [1.82, 2.24) is 10.6 Å². The first-order chi connectivity index (χ1) is 14.3. The van der Waals surface area contributed by atoms with Gasteiger partial charge < -0.3 is 15.4 Å². The molecule has 0 bridgehead atoms. The molecular weight excluding hydrogens is 413 g/mol. The molecule has 0 saturated heterocycles. The zero-order valence-corrected chi connectivity index (χ0v) is 15.1. The van der Waals surface area contributed by atoms with Gasteiger partial charge in [0.05, 0.1) is 6.07 Å². The molecule has 0 aromatic heterocycles. The van der Waals surface area contributed by atoms with Gasteiger partial charge in [-0.15, -0.1) is 0 Å². The Balaban J connectivity index is 2.21. The van der Waals surface area contributed by atoms with Crippen LogP contribution in [0.1, 0.15) is 11.1 Å². The van der Waals surface area contributed by atoms with E-state index >= 15 is 0 Å². The van der Waals surface area contributed by atoms with Crippen molar-refractivity contribution in [3.8, 4) is 6.07 Å². The Morgan fingerprint density at radius 3 is 2.10 bits per heavy atom. The molecule has 0 aliphatic carbocycles. The smallest absolute Gasteiger partial charge is 0.408 e. The van der Waals surface area contributed by atoms with E-state index < -0.39 is 65.7 Å². The van der Waals surface area contributed by atoms with Gasteiger partial charge in [-0.2, -0.15) is 5.26 Å². The van der Waals surface area contributed by atoms with Crippen LogP contribution >= 0.6 is 0 Å². The summed E-state index contributed by atoms with van der Waals surface area (Å²) in [6, 6.07) is 8.15. The van der Waals surface area contributed by atoms with E-state index in [9.17, 15) is 31.5 Å². The van der Waals surface area contributed by atoms with Crippen molar-refractivity contribution in [3.63, 3.8) is 0 Å². The normalized spacial score (nSPS) is 11.3. The lowest BCUT2D eigenvalue weighted by atomic mass is 10.0. The van der Waals surface area contributed by atoms with Crippen LogP contribution in [0, 0.1) is 40.4 Å². The lowest BCUT2D eigenvalue weighted by Gasteiger charge is -2.19. The largest absolute Gasteiger partial charge is 0.445 e. The summed E-state index contributed by atoms with van der Waals surface area (Å²) in [4.78, 5) is 24.1. The number of nitrogens with zero attached hydrogens (tertiary/aromatic N) is 1. The highest BCUT2D eigenvalue weighted by Gasteiger charge is 2.30. The van der Waals surface area contributed by atoms with Gasteiger partial charge in [-0.1, -0.05) is 30.3 Å². The SMILES string of the molecule is N#CCNC(=O)[C@@H](Cc1c(F)c(F)c(F)c(F)c1F)NC(=O)OCc1ccccc1. The standard InChI is InChI=1S/C19H14F5N3O3/c20-13-11(14(21)16(23)17(24)15(13)22)8-12(18(28)26-7-6-25)27-19(29)30-9-10-4-2-1-3-5-10/h1-5,12H,7-9H2,(H,26,28)(H,27,29)/t12-/m1/s1. The van der Waals surface area contributed by atoms with Gasteiger partial charge in [0.15, 0.2) is 23.3 Å². The van der Waals surface area contributed by atoms with Crippen LogP contribution in [0.4, 0.5) is 26.7 Å². The van der Waals surface area contributed by atoms with Crippen molar-refractivity contribution >= 4 is 12.0 Å². The molecule has 11 heteroatoms. The number of alkyl carbamates (subject to hydrolysis) is 1. The average Bonchev–Trinajstić information content (AvgIpc) is 2.76. The van der Waals surface area contributed by atoms with Crippen LogP contribution in [0.15, 0.2) is 30.3 Å². The predicted molar refractivity (Wildman–Crippen MR) is 92.1 cm³/mol. The molecule has 0 radical (unpaired) electrons. The fourth-order valence-electron chi connectivity index (χ4n) is 2.40. The molecule has 30 heavy (non-hydrogen) atoms. The minimum Gasteiger partial charge on any atom is -0.445 e. The summed E-state index contributed by atoms with van der Waals surface area (Å²) in [6.45, 7) is -0.727. The lowest BCUT2D eigenvalue weighted by Crippen LogP contribution is -2.48. The van der Waals surface area contributed by atoms with Crippen molar-refractivity contribution in [3.05, 3.63) is 70.5 Å². The van der Waals surface area contributed by atoms with E-state index in [1.54, 1.807) is 36.4 Å². The van der Waals surface area contributed by atoms with Crippen molar-refractivity contribution in [2.24, 2.45) is 0 Å². The number of ether oxygens (including phenoxy) is 1. The monoisotopic (exact) mass is 427 g/mol. The van der Waals surface area contributed by atoms with Crippen LogP contribution in [-0.4, -0.2) is 24.6 Å². The van der Waals surface area contributed by atoms with Crippen LogP contribution in [0.3, 0.4) is 0 Å². The molecule has 0 saturated carbocycles. The van der Waals surface area contributed by atoms with Gasteiger partial charge in [0.1, 0.15) is 19.2 Å². The highest BCUT2D eigenvalue weighted by molar-refractivity contribution is 5.86. The average molecular weight is 427 g/mol. The molecule has 0 aliphatic rings. The second kappa shape index (κ2) is 10.2. The van der Waals surface area contributed by atoms with Crippen LogP contribution < -0.4 is 10.6 Å². The number of benzene rings is 2. The fraction of sp³-hybridized carbons (Fsp3) is 0.211. The first kappa shape index (κ1) is 22.6. The van der Waals surface area contributed by atoms with Crippen LogP contribution in [0.2, 0.25) is 0 Å². The van der Waals surface area contributed by atoms with Crippen molar-refractivity contribution in [2.75, 3.05) is 6.54 Å². The van der Waals surface area contributed by atoms with Crippen molar-refractivity contribution in [1.29, 1.82) is 5.26 Å². The second-order valence-electron chi connectivity index (χ2n) is 5.89. The van der Waals surface area contributed by atoms with E-state index in [0.717, 1.165) is 0 Å². The Morgan fingerprint density at radius 1 is 0.967 bits per heavy atom. The minimum atomic E-state index is -2.35. The molecule has 1 atom stereocenters. The third-order valence-electron chi connectivity index (χ3n) is 3.87. The Bertz CT molecular complexity index is 951. The molecule has 2 aromatic rings. The first-order valence-electron chi connectivity index (χ1n) is 8.38. The molecule has 2 rings (SSSR count). The molecule has 2 N–H and O–H groups in total. The molecular formula is C19H14F5N3O3. The highest BCUT2D eigenvalue weighted by Crippen LogP contribution is 2.24. The third-order valence-corrected chi connectivity index (χ3v) is 3.87. The highest BCUT2D eigenvalue weighted by atomic mass is 19.2. The van der Waals surface area contributed by atoms with Gasteiger partial charge in [0.2, 0.25) is 11.7 Å². The van der Waals surface area contributed by atoms with Crippen LogP contribution in [0.25, 0.3) is 0 Å². The molecule has 2 amide bonds. The van der Waals surface area contributed by atoms with E-state index in [1.807, 2.05) is 10.6 Å². The molecule has 158 valence electrons. The summed E-state index contributed by atoms with van der Waals surface area (Å²) in [5, 5.41) is 12.6. The van der Waals surface area contributed by atoms with E-state index in [0.29, 0.717) is 5.56 Å². The van der Waals surface area contributed by atoms with Crippen molar-refractivity contribution in [2.45, 2.75) is 19.1 Å². The van der Waals surface area contributed by atoms with Crippen molar-refractivity contribution < 1.29 is 36.3 Å². The summed E-state index contributed by atoms with van der Waals surface area (Å²) in [7, 11) is 0. The topological polar surface area (TPSA) is 91.2 Å². The number of carbonyl (C=O) groups excluding carboxylic acids is 2. The number of amides is 2. The molecule has 0 fully saturated rings. The van der Waals surface area contributed by atoms with Gasteiger partial charge in [0.25, 0.3) is 0 Å².